The minimum Gasteiger partial charge on any atom is -0.491 e. The molecule has 0 saturated heterocycles. The van der Waals surface area contributed by atoms with Crippen LogP contribution in [0.4, 0.5) is 0 Å². The molecule has 0 bridgehead atoms. The molecule has 1 amide bonds. The maximum atomic E-state index is 12.1. The highest BCUT2D eigenvalue weighted by Crippen LogP contribution is 2.20. The molecule has 5 heteroatoms. The summed E-state index contributed by atoms with van der Waals surface area (Å²) in [5.41, 5.74) is 1.87. The van der Waals surface area contributed by atoms with E-state index in [1.807, 2.05) is 26.0 Å². The zero-order valence-corrected chi connectivity index (χ0v) is 13.6. The summed E-state index contributed by atoms with van der Waals surface area (Å²) in [7, 11) is 0. The van der Waals surface area contributed by atoms with E-state index in [1.165, 1.54) is 0 Å². The van der Waals surface area contributed by atoms with Crippen molar-refractivity contribution in [2.24, 2.45) is 0 Å². The standard InChI is InChI=1S/C18H22N2O3/c1-12(2)23-15-7-4-6-14(10-15)17(21)11-20-18(22)16-8-5-9-19-13(16)3/h4-10,12,17,21H,11H2,1-3H3,(H,20,22)/t17-/m1/s1. The third kappa shape index (κ3) is 4.79. The van der Waals surface area contributed by atoms with Crippen molar-refractivity contribution in [3.05, 3.63) is 59.4 Å². The molecule has 0 spiro atoms. The number of pyridine rings is 1. The second-order valence-corrected chi connectivity index (χ2v) is 5.60. The van der Waals surface area contributed by atoms with Crippen LogP contribution >= 0.6 is 0 Å². The Hall–Kier alpha value is -2.40. The number of benzene rings is 1. The van der Waals surface area contributed by atoms with Crippen LogP contribution in [0, 0.1) is 6.92 Å². The van der Waals surface area contributed by atoms with Crippen LogP contribution in [0.1, 0.15) is 41.6 Å². The van der Waals surface area contributed by atoms with Gasteiger partial charge in [-0.2, -0.15) is 0 Å². The zero-order valence-electron chi connectivity index (χ0n) is 13.6. The third-order valence-electron chi connectivity index (χ3n) is 3.32. The van der Waals surface area contributed by atoms with E-state index >= 15 is 0 Å². The lowest BCUT2D eigenvalue weighted by Crippen LogP contribution is -2.29. The average molecular weight is 314 g/mol. The van der Waals surface area contributed by atoms with E-state index in [0.717, 1.165) is 0 Å². The Morgan fingerprint density at radius 3 is 2.78 bits per heavy atom. The molecule has 2 N–H and O–H groups in total. The minimum absolute atomic E-state index is 0.0654. The number of aliphatic hydroxyl groups excluding tert-OH is 1. The number of hydrogen-bond donors (Lipinski definition) is 2. The summed E-state index contributed by atoms with van der Waals surface area (Å²) in [6, 6.07) is 10.7. The van der Waals surface area contributed by atoms with Crippen molar-refractivity contribution in [2.75, 3.05) is 6.54 Å². The van der Waals surface area contributed by atoms with E-state index in [4.69, 9.17) is 4.74 Å². The Morgan fingerprint density at radius 1 is 1.30 bits per heavy atom. The van der Waals surface area contributed by atoms with Crippen LogP contribution in [0.5, 0.6) is 5.75 Å². The van der Waals surface area contributed by atoms with Crippen molar-refractivity contribution < 1.29 is 14.6 Å². The Labute approximate surface area is 136 Å². The molecule has 122 valence electrons. The van der Waals surface area contributed by atoms with E-state index in [1.54, 1.807) is 37.4 Å². The van der Waals surface area contributed by atoms with Crippen LogP contribution < -0.4 is 10.1 Å². The van der Waals surface area contributed by atoms with Crippen LogP contribution in [0.15, 0.2) is 42.6 Å². The monoisotopic (exact) mass is 314 g/mol. The van der Waals surface area contributed by atoms with Gasteiger partial charge in [0.15, 0.2) is 0 Å². The topological polar surface area (TPSA) is 71.5 Å². The summed E-state index contributed by atoms with van der Waals surface area (Å²) in [6.07, 6.45) is 0.906. The lowest BCUT2D eigenvalue weighted by Gasteiger charge is -2.15. The Morgan fingerprint density at radius 2 is 2.09 bits per heavy atom. The van der Waals surface area contributed by atoms with Gasteiger partial charge in [0, 0.05) is 18.4 Å². The molecule has 2 rings (SSSR count). The highest BCUT2D eigenvalue weighted by atomic mass is 16.5. The molecule has 1 aromatic carbocycles. The number of rotatable bonds is 6. The number of aromatic nitrogens is 1. The zero-order chi connectivity index (χ0) is 16.8. The van der Waals surface area contributed by atoms with Gasteiger partial charge in [0.1, 0.15) is 5.75 Å². The molecule has 0 saturated carbocycles. The van der Waals surface area contributed by atoms with Crippen LogP contribution in [0.25, 0.3) is 0 Å². The Bertz CT molecular complexity index is 671. The van der Waals surface area contributed by atoms with E-state index in [0.29, 0.717) is 22.6 Å². The van der Waals surface area contributed by atoms with E-state index < -0.39 is 6.10 Å². The van der Waals surface area contributed by atoms with Crippen LogP contribution in [-0.2, 0) is 0 Å². The summed E-state index contributed by atoms with van der Waals surface area (Å²) in [6.45, 7) is 5.79. The molecule has 23 heavy (non-hydrogen) atoms. The molecule has 0 unspecified atom stereocenters. The number of hydrogen-bond acceptors (Lipinski definition) is 4. The summed E-state index contributed by atoms with van der Waals surface area (Å²) in [5.74, 6) is 0.454. The number of nitrogens with zero attached hydrogens (tertiary/aromatic N) is 1. The second kappa shape index (κ2) is 7.74. The fourth-order valence-electron chi connectivity index (χ4n) is 2.19. The van der Waals surface area contributed by atoms with Gasteiger partial charge in [-0.1, -0.05) is 12.1 Å². The Kier molecular flexibility index (Phi) is 5.71. The number of carbonyl (C=O) groups is 1. The number of amides is 1. The maximum Gasteiger partial charge on any atom is 0.253 e. The summed E-state index contributed by atoms with van der Waals surface area (Å²) in [5, 5.41) is 13.0. The van der Waals surface area contributed by atoms with Gasteiger partial charge < -0.3 is 15.2 Å². The summed E-state index contributed by atoms with van der Waals surface area (Å²) in [4.78, 5) is 16.2. The minimum atomic E-state index is -0.799. The fraction of sp³-hybridized carbons (Fsp3) is 0.333. The van der Waals surface area contributed by atoms with Gasteiger partial charge in [0.2, 0.25) is 0 Å². The lowest BCUT2D eigenvalue weighted by molar-refractivity contribution is 0.0915. The number of carbonyl (C=O) groups excluding carboxylic acids is 1. The van der Waals surface area contributed by atoms with Gasteiger partial charge in [-0.05, 0) is 50.6 Å². The van der Waals surface area contributed by atoms with Gasteiger partial charge in [0.05, 0.1) is 17.8 Å². The van der Waals surface area contributed by atoms with Crippen molar-refractivity contribution in [3.63, 3.8) is 0 Å². The highest BCUT2D eigenvalue weighted by Gasteiger charge is 2.13. The van der Waals surface area contributed by atoms with Gasteiger partial charge in [-0.25, -0.2) is 0 Å². The third-order valence-corrected chi connectivity index (χ3v) is 3.32. The molecular weight excluding hydrogens is 292 g/mol. The number of aryl methyl sites for hydroxylation is 1. The number of nitrogens with one attached hydrogen (secondary N) is 1. The molecule has 5 nitrogen and oxygen atoms in total. The predicted octanol–water partition coefficient (Wildman–Crippen LogP) is 2.64. The van der Waals surface area contributed by atoms with Gasteiger partial charge >= 0.3 is 0 Å². The van der Waals surface area contributed by atoms with Crippen molar-refractivity contribution in [1.82, 2.24) is 10.3 Å². The molecular formula is C18H22N2O3. The molecule has 2 aromatic rings. The predicted molar refractivity (Wildman–Crippen MR) is 88.5 cm³/mol. The van der Waals surface area contributed by atoms with Crippen LogP contribution in [0.3, 0.4) is 0 Å². The number of ether oxygens (including phenoxy) is 1. The average Bonchev–Trinajstić information content (AvgIpc) is 2.52. The van der Waals surface area contributed by atoms with Crippen molar-refractivity contribution in [3.8, 4) is 5.75 Å². The van der Waals surface area contributed by atoms with Crippen molar-refractivity contribution in [1.29, 1.82) is 0 Å². The van der Waals surface area contributed by atoms with Crippen molar-refractivity contribution in [2.45, 2.75) is 33.0 Å². The molecule has 0 fully saturated rings. The van der Waals surface area contributed by atoms with Crippen LogP contribution in [0.2, 0.25) is 0 Å². The molecule has 0 aliphatic heterocycles. The van der Waals surface area contributed by atoms with Crippen molar-refractivity contribution >= 4 is 5.91 Å². The summed E-state index contributed by atoms with van der Waals surface area (Å²) < 4.78 is 5.61. The first-order chi connectivity index (χ1) is 11.0. The normalized spacial score (nSPS) is 12.0. The maximum absolute atomic E-state index is 12.1. The van der Waals surface area contributed by atoms with Gasteiger partial charge in [0.25, 0.3) is 5.91 Å². The first-order valence-electron chi connectivity index (χ1n) is 7.62. The number of aliphatic hydroxyl groups is 1. The molecule has 0 radical (unpaired) electrons. The quantitative estimate of drug-likeness (QED) is 0.860. The first-order valence-corrected chi connectivity index (χ1v) is 7.62. The molecule has 1 aromatic heterocycles. The smallest absolute Gasteiger partial charge is 0.253 e. The first kappa shape index (κ1) is 17.0. The molecule has 0 aliphatic rings. The fourth-order valence-corrected chi connectivity index (χ4v) is 2.19. The largest absolute Gasteiger partial charge is 0.491 e. The molecule has 1 atom stereocenters. The van der Waals surface area contributed by atoms with E-state index in [2.05, 4.69) is 10.3 Å². The van der Waals surface area contributed by atoms with Gasteiger partial charge in [-0.3, -0.25) is 9.78 Å². The Balaban J connectivity index is 1.98. The SMILES string of the molecule is Cc1ncccc1C(=O)NC[C@@H](O)c1cccc(OC(C)C)c1. The van der Waals surface area contributed by atoms with Gasteiger partial charge in [-0.15, -0.1) is 0 Å². The summed E-state index contributed by atoms with van der Waals surface area (Å²) >= 11 is 0. The highest BCUT2D eigenvalue weighted by molar-refractivity contribution is 5.95. The van der Waals surface area contributed by atoms with Crippen LogP contribution in [-0.4, -0.2) is 28.6 Å². The lowest BCUT2D eigenvalue weighted by atomic mass is 10.1. The molecule has 1 heterocycles. The van der Waals surface area contributed by atoms with E-state index in [-0.39, 0.29) is 18.6 Å². The second-order valence-electron chi connectivity index (χ2n) is 5.60. The molecule has 0 aliphatic carbocycles. The van der Waals surface area contributed by atoms with E-state index in [9.17, 15) is 9.90 Å².